The van der Waals surface area contributed by atoms with Crippen molar-refractivity contribution in [2.45, 2.75) is 0 Å². The van der Waals surface area contributed by atoms with Crippen LogP contribution in [0.5, 0.6) is 0 Å². The van der Waals surface area contributed by atoms with Crippen molar-refractivity contribution in [2.24, 2.45) is 0 Å². The topological polar surface area (TPSA) is 26.3 Å². The molecule has 0 spiro atoms. The van der Waals surface area contributed by atoms with Gasteiger partial charge in [0, 0.05) is 27.3 Å². The number of para-hydroxylation sites is 1. The van der Waals surface area contributed by atoms with E-state index in [9.17, 15) is 0 Å². The lowest BCUT2D eigenvalue weighted by atomic mass is 9.83. The van der Waals surface area contributed by atoms with Crippen LogP contribution in [0.1, 0.15) is 0 Å². The second kappa shape index (κ2) is 8.82. The van der Waals surface area contributed by atoms with E-state index >= 15 is 0 Å². The molecule has 0 bridgehead atoms. The molecule has 0 amide bonds. The molecule has 2 nitrogen and oxygen atoms in total. The average Bonchev–Trinajstić information content (AvgIpc) is 3.68. The van der Waals surface area contributed by atoms with E-state index in [0.29, 0.717) is 0 Å². The number of benzene rings is 8. The molecule has 0 aliphatic rings. The maximum absolute atomic E-state index is 6.31. The minimum absolute atomic E-state index is 0.858. The Morgan fingerprint density at radius 2 is 0.864 bits per heavy atom. The monoisotopic (exact) mass is 560 g/mol. The van der Waals surface area contributed by atoms with Gasteiger partial charge in [-0.05, 0) is 78.5 Å². The molecule has 8 aromatic carbocycles. The highest BCUT2D eigenvalue weighted by Gasteiger charge is 2.23. The fraction of sp³-hybridized carbons (Fsp3) is 0. The van der Waals surface area contributed by atoms with Crippen LogP contribution in [0.3, 0.4) is 0 Å². The summed E-state index contributed by atoms with van der Waals surface area (Å²) in [6.07, 6.45) is 1.94. The highest BCUT2D eigenvalue weighted by molar-refractivity contribution is 6.29. The van der Waals surface area contributed by atoms with Gasteiger partial charge in [-0.25, -0.2) is 0 Å². The Morgan fingerprint density at radius 1 is 0.341 bits per heavy atom. The Labute approximate surface area is 252 Å². The van der Waals surface area contributed by atoms with Crippen molar-refractivity contribution in [3.63, 3.8) is 0 Å². The Balaban J connectivity index is 1.40. The summed E-state index contributed by atoms with van der Waals surface area (Å²) in [5, 5.41) is 13.2. The van der Waals surface area contributed by atoms with Gasteiger partial charge in [0.05, 0.1) is 6.26 Å². The van der Waals surface area contributed by atoms with Gasteiger partial charge in [0.2, 0.25) is 0 Å². The molecule has 0 aliphatic carbocycles. The van der Waals surface area contributed by atoms with Gasteiger partial charge >= 0.3 is 0 Å². The molecule has 0 fully saturated rings. The number of hydrogen-bond donors (Lipinski definition) is 0. The van der Waals surface area contributed by atoms with Crippen molar-refractivity contribution in [3.8, 4) is 22.3 Å². The second-order valence-electron chi connectivity index (χ2n) is 11.6. The van der Waals surface area contributed by atoms with Gasteiger partial charge in [0.15, 0.2) is 0 Å². The van der Waals surface area contributed by atoms with Gasteiger partial charge in [-0.1, -0.05) is 115 Å². The third-order valence-electron chi connectivity index (χ3n) is 9.32. The number of furan rings is 2. The standard InChI is InChI=1S/C42H24O2/c1-2-12-26-25(11-1)23-34(28-14-4-3-13-27(26)28)39-29-15-5-7-17-31(29)40(32-18-8-6-16-30(32)39)35-24-43-37-21-22-38-41(42(35)37)33-19-9-10-20-36(33)44-38/h1-24H. The zero-order valence-corrected chi connectivity index (χ0v) is 23.7. The summed E-state index contributed by atoms with van der Waals surface area (Å²) in [6, 6.07) is 49.9. The quantitative estimate of drug-likeness (QED) is 0.155. The maximum Gasteiger partial charge on any atom is 0.136 e. The van der Waals surface area contributed by atoms with E-state index in [1.54, 1.807) is 0 Å². The Morgan fingerprint density at radius 3 is 1.57 bits per heavy atom. The summed E-state index contributed by atoms with van der Waals surface area (Å²) in [4.78, 5) is 0. The predicted molar refractivity (Wildman–Crippen MR) is 184 cm³/mol. The van der Waals surface area contributed by atoms with Crippen LogP contribution in [-0.2, 0) is 0 Å². The Bertz CT molecular complexity index is 2720. The van der Waals surface area contributed by atoms with Crippen molar-refractivity contribution in [2.75, 3.05) is 0 Å². The van der Waals surface area contributed by atoms with Crippen LogP contribution in [0.15, 0.2) is 155 Å². The molecule has 0 atom stereocenters. The van der Waals surface area contributed by atoms with E-state index in [2.05, 4.69) is 115 Å². The molecule has 0 unspecified atom stereocenters. The van der Waals surface area contributed by atoms with Gasteiger partial charge in [0.25, 0.3) is 0 Å². The number of hydrogen-bond acceptors (Lipinski definition) is 2. The van der Waals surface area contributed by atoms with Gasteiger partial charge < -0.3 is 8.83 Å². The Kier molecular flexibility index (Phi) is 4.75. The largest absolute Gasteiger partial charge is 0.464 e. The molecule has 204 valence electrons. The predicted octanol–water partition coefficient (Wildman–Crippen LogP) is 12.3. The van der Waals surface area contributed by atoms with Crippen molar-refractivity contribution in [1.29, 1.82) is 0 Å². The first-order chi connectivity index (χ1) is 21.8. The van der Waals surface area contributed by atoms with Gasteiger partial charge in [-0.3, -0.25) is 0 Å². The van der Waals surface area contributed by atoms with Crippen LogP contribution >= 0.6 is 0 Å². The second-order valence-corrected chi connectivity index (χ2v) is 11.6. The molecule has 0 aliphatic heterocycles. The third kappa shape index (κ3) is 3.14. The van der Waals surface area contributed by atoms with E-state index in [1.807, 2.05) is 30.5 Å². The summed E-state index contributed by atoms with van der Waals surface area (Å²) in [5.74, 6) is 0. The molecule has 0 N–H and O–H groups in total. The zero-order chi connectivity index (χ0) is 28.8. The van der Waals surface area contributed by atoms with Crippen molar-refractivity contribution in [1.82, 2.24) is 0 Å². The number of rotatable bonds is 2. The first kappa shape index (κ1) is 23.7. The molecule has 2 heterocycles. The molecule has 10 rings (SSSR count). The van der Waals surface area contributed by atoms with Crippen molar-refractivity contribution < 1.29 is 8.83 Å². The highest BCUT2D eigenvalue weighted by atomic mass is 16.3. The average molecular weight is 561 g/mol. The normalized spacial score (nSPS) is 12.1. The minimum atomic E-state index is 0.858. The maximum atomic E-state index is 6.31. The molecule has 2 aromatic heterocycles. The first-order valence-electron chi connectivity index (χ1n) is 15.0. The molecule has 2 heteroatoms. The minimum Gasteiger partial charge on any atom is -0.464 e. The van der Waals surface area contributed by atoms with Crippen LogP contribution in [-0.4, -0.2) is 0 Å². The lowest BCUT2D eigenvalue weighted by molar-refractivity contribution is 0.616. The van der Waals surface area contributed by atoms with Crippen LogP contribution < -0.4 is 0 Å². The van der Waals surface area contributed by atoms with E-state index in [4.69, 9.17) is 8.83 Å². The third-order valence-corrected chi connectivity index (χ3v) is 9.32. The first-order valence-corrected chi connectivity index (χ1v) is 15.0. The molecule has 0 saturated heterocycles. The molecule has 0 saturated carbocycles. The van der Waals surface area contributed by atoms with Gasteiger partial charge in [0.1, 0.15) is 16.7 Å². The molecular formula is C42H24O2. The smallest absolute Gasteiger partial charge is 0.136 e. The zero-order valence-electron chi connectivity index (χ0n) is 23.7. The van der Waals surface area contributed by atoms with Crippen LogP contribution in [0, 0.1) is 0 Å². The molecular weight excluding hydrogens is 536 g/mol. The molecule has 10 aromatic rings. The summed E-state index contributed by atoms with van der Waals surface area (Å²) in [6.45, 7) is 0. The fourth-order valence-corrected chi connectivity index (χ4v) is 7.50. The summed E-state index contributed by atoms with van der Waals surface area (Å²) in [5.41, 5.74) is 7.38. The van der Waals surface area contributed by atoms with Gasteiger partial charge in [-0.2, -0.15) is 0 Å². The highest BCUT2D eigenvalue weighted by Crippen LogP contribution is 2.49. The summed E-state index contributed by atoms with van der Waals surface area (Å²) in [7, 11) is 0. The fourth-order valence-electron chi connectivity index (χ4n) is 7.50. The van der Waals surface area contributed by atoms with E-state index in [-0.39, 0.29) is 0 Å². The lowest BCUT2D eigenvalue weighted by Crippen LogP contribution is -1.92. The summed E-state index contributed by atoms with van der Waals surface area (Å²) < 4.78 is 12.6. The molecule has 0 radical (unpaired) electrons. The van der Waals surface area contributed by atoms with Crippen molar-refractivity contribution in [3.05, 3.63) is 146 Å². The van der Waals surface area contributed by atoms with Crippen molar-refractivity contribution >= 4 is 76.0 Å². The van der Waals surface area contributed by atoms with E-state index < -0.39 is 0 Å². The SMILES string of the molecule is c1ccc2c(c1)cc(-c1c3ccccc3c(-c3coc4ccc5oc6ccccc6c5c34)c3ccccc13)c1ccccc12. The van der Waals surface area contributed by atoms with E-state index in [1.165, 1.54) is 59.8 Å². The Hall–Kier alpha value is -5.86. The number of fused-ring (bicyclic) bond motifs is 10. The lowest BCUT2D eigenvalue weighted by Gasteiger charge is -2.19. The summed E-state index contributed by atoms with van der Waals surface area (Å²) >= 11 is 0. The van der Waals surface area contributed by atoms with E-state index in [0.717, 1.165) is 38.5 Å². The van der Waals surface area contributed by atoms with Crippen LogP contribution in [0.25, 0.3) is 98.3 Å². The van der Waals surface area contributed by atoms with Crippen LogP contribution in [0.2, 0.25) is 0 Å². The van der Waals surface area contributed by atoms with Crippen LogP contribution in [0.4, 0.5) is 0 Å². The molecule has 44 heavy (non-hydrogen) atoms. The van der Waals surface area contributed by atoms with Gasteiger partial charge in [-0.15, -0.1) is 0 Å².